The third kappa shape index (κ3) is 2.85. The quantitative estimate of drug-likeness (QED) is 0.801. The number of thioether (sulfide) groups is 1. The van der Waals surface area contributed by atoms with Crippen molar-refractivity contribution in [2.75, 3.05) is 12.9 Å². The molecular formula is C14H25NO2S. The number of esters is 1. The first-order valence-electron chi connectivity index (χ1n) is 7.17. The third-order valence-electron chi connectivity index (χ3n) is 4.39. The lowest BCUT2D eigenvalue weighted by Gasteiger charge is -2.43. The Kier molecular flexibility index (Phi) is 4.96. The van der Waals surface area contributed by atoms with Crippen molar-refractivity contribution in [2.24, 2.45) is 0 Å². The standard InChI is InChI=1S/C14H25NO2S/c1-11-14(13(16)17-2,9-6-10-18-11)15-12-7-4-3-5-8-12/h11-12,15H,3-10H2,1-2H3. The Labute approximate surface area is 114 Å². The summed E-state index contributed by atoms with van der Waals surface area (Å²) in [5, 5.41) is 3.98. The summed E-state index contributed by atoms with van der Waals surface area (Å²) in [4.78, 5) is 12.3. The largest absolute Gasteiger partial charge is 0.468 e. The molecule has 0 spiro atoms. The molecule has 0 aromatic carbocycles. The zero-order valence-corrected chi connectivity index (χ0v) is 12.4. The molecule has 0 amide bonds. The van der Waals surface area contributed by atoms with Crippen LogP contribution in [-0.4, -0.2) is 35.7 Å². The molecule has 1 aliphatic heterocycles. The van der Waals surface area contributed by atoms with Gasteiger partial charge in [-0.15, -0.1) is 0 Å². The number of rotatable bonds is 3. The lowest BCUT2D eigenvalue weighted by Crippen LogP contribution is -2.63. The number of carbonyl (C=O) groups is 1. The topological polar surface area (TPSA) is 38.3 Å². The van der Waals surface area contributed by atoms with Gasteiger partial charge in [-0.2, -0.15) is 11.8 Å². The molecule has 2 atom stereocenters. The molecule has 1 N–H and O–H groups in total. The number of nitrogens with one attached hydrogen (secondary N) is 1. The van der Waals surface area contributed by atoms with Gasteiger partial charge in [-0.25, -0.2) is 0 Å². The van der Waals surface area contributed by atoms with Crippen LogP contribution in [0.2, 0.25) is 0 Å². The smallest absolute Gasteiger partial charge is 0.327 e. The van der Waals surface area contributed by atoms with E-state index in [0.29, 0.717) is 11.3 Å². The second-order valence-corrected chi connectivity index (χ2v) is 7.01. The second kappa shape index (κ2) is 6.29. The minimum absolute atomic E-state index is 0.0622. The van der Waals surface area contributed by atoms with Gasteiger partial charge in [0.05, 0.1) is 7.11 Å². The summed E-state index contributed by atoms with van der Waals surface area (Å²) in [6.45, 7) is 2.16. The molecule has 2 rings (SSSR count). The van der Waals surface area contributed by atoms with E-state index in [9.17, 15) is 4.79 Å². The van der Waals surface area contributed by atoms with Crippen molar-refractivity contribution in [2.45, 2.75) is 68.7 Å². The predicted molar refractivity (Wildman–Crippen MR) is 75.9 cm³/mol. The Morgan fingerprint density at radius 3 is 2.61 bits per heavy atom. The van der Waals surface area contributed by atoms with Gasteiger partial charge >= 0.3 is 5.97 Å². The third-order valence-corrected chi connectivity index (χ3v) is 5.82. The first-order valence-corrected chi connectivity index (χ1v) is 8.21. The molecule has 0 radical (unpaired) electrons. The molecule has 4 heteroatoms. The Morgan fingerprint density at radius 2 is 2.00 bits per heavy atom. The van der Waals surface area contributed by atoms with Gasteiger partial charge < -0.3 is 4.74 Å². The summed E-state index contributed by atoms with van der Waals surface area (Å²) in [6, 6.07) is 0.499. The van der Waals surface area contributed by atoms with E-state index in [0.717, 1.165) is 18.6 Å². The second-order valence-electron chi connectivity index (χ2n) is 5.56. The summed E-state index contributed by atoms with van der Waals surface area (Å²) in [5.74, 6) is 1.10. The molecular weight excluding hydrogens is 246 g/mol. The maximum absolute atomic E-state index is 12.3. The fourth-order valence-corrected chi connectivity index (χ4v) is 4.50. The number of hydrogen-bond donors (Lipinski definition) is 1. The van der Waals surface area contributed by atoms with Gasteiger partial charge in [-0.1, -0.05) is 26.2 Å². The molecule has 1 aliphatic carbocycles. The zero-order chi connectivity index (χ0) is 13.0. The van der Waals surface area contributed by atoms with Crippen LogP contribution in [0.4, 0.5) is 0 Å². The van der Waals surface area contributed by atoms with Crippen LogP contribution in [0.15, 0.2) is 0 Å². The molecule has 18 heavy (non-hydrogen) atoms. The first-order chi connectivity index (χ1) is 8.69. The minimum atomic E-state index is -0.445. The Bertz CT molecular complexity index is 292. The van der Waals surface area contributed by atoms with Crippen LogP contribution in [-0.2, 0) is 9.53 Å². The lowest BCUT2D eigenvalue weighted by atomic mass is 9.85. The predicted octanol–water partition coefficient (Wildman–Crippen LogP) is 2.74. The van der Waals surface area contributed by atoms with Gasteiger partial charge in [0.25, 0.3) is 0 Å². The fourth-order valence-electron chi connectivity index (χ4n) is 3.27. The SMILES string of the molecule is COC(=O)C1(NC2CCCCC2)CCCSC1C. The molecule has 1 saturated carbocycles. The molecule has 2 unspecified atom stereocenters. The molecule has 1 heterocycles. The van der Waals surface area contributed by atoms with E-state index in [-0.39, 0.29) is 5.97 Å². The summed E-state index contributed by atoms with van der Waals surface area (Å²) >= 11 is 1.89. The maximum atomic E-state index is 12.3. The summed E-state index contributed by atoms with van der Waals surface area (Å²) < 4.78 is 5.09. The average Bonchev–Trinajstić information content (AvgIpc) is 2.41. The molecule has 1 saturated heterocycles. The molecule has 104 valence electrons. The Balaban J connectivity index is 2.10. The van der Waals surface area contributed by atoms with Crippen LogP contribution in [0.5, 0.6) is 0 Å². The fraction of sp³-hybridized carbons (Fsp3) is 0.929. The molecule has 3 nitrogen and oxygen atoms in total. The van der Waals surface area contributed by atoms with Crippen LogP contribution in [0.25, 0.3) is 0 Å². The molecule has 2 aliphatic rings. The first kappa shape index (κ1) is 14.2. The summed E-state index contributed by atoms with van der Waals surface area (Å²) in [6.07, 6.45) is 8.35. The van der Waals surface area contributed by atoms with E-state index < -0.39 is 5.54 Å². The van der Waals surface area contributed by atoms with Crippen molar-refractivity contribution in [1.29, 1.82) is 0 Å². The Hall–Kier alpha value is -0.220. The molecule has 0 bridgehead atoms. The number of methoxy groups -OCH3 is 1. The van der Waals surface area contributed by atoms with E-state index >= 15 is 0 Å². The maximum Gasteiger partial charge on any atom is 0.327 e. The van der Waals surface area contributed by atoms with Crippen LogP contribution in [0.1, 0.15) is 51.9 Å². The van der Waals surface area contributed by atoms with Crippen molar-refractivity contribution >= 4 is 17.7 Å². The van der Waals surface area contributed by atoms with Crippen LogP contribution >= 0.6 is 11.8 Å². The van der Waals surface area contributed by atoms with E-state index in [1.165, 1.54) is 39.2 Å². The van der Waals surface area contributed by atoms with Crippen LogP contribution < -0.4 is 5.32 Å². The van der Waals surface area contributed by atoms with Gasteiger partial charge in [0.2, 0.25) is 0 Å². The van der Waals surface area contributed by atoms with Gasteiger partial charge in [0.15, 0.2) is 0 Å². The highest BCUT2D eigenvalue weighted by Crippen LogP contribution is 2.36. The number of carbonyl (C=O) groups excluding carboxylic acids is 1. The highest BCUT2D eigenvalue weighted by atomic mass is 32.2. The van der Waals surface area contributed by atoms with Gasteiger partial charge in [0, 0.05) is 11.3 Å². The van der Waals surface area contributed by atoms with E-state index in [1.807, 2.05) is 11.8 Å². The van der Waals surface area contributed by atoms with Crippen molar-refractivity contribution in [3.63, 3.8) is 0 Å². The van der Waals surface area contributed by atoms with E-state index in [4.69, 9.17) is 4.74 Å². The van der Waals surface area contributed by atoms with Gasteiger partial charge in [0.1, 0.15) is 5.54 Å². The number of hydrogen-bond acceptors (Lipinski definition) is 4. The molecule has 0 aromatic heterocycles. The zero-order valence-electron chi connectivity index (χ0n) is 11.5. The van der Waals surface area contributed by atoms with Crippen LogP contribution in [0, 0.1) is 0 Å². The van der Waals surface area contributed by atoms with E-state index in [2.05, 4.69) is 12.2 Å². The van der Waals surface area contributed by atoms with Crippen molar-refractivity contribution < 1.29 is 9.53 Å². The highest BCUT2D eigenvalue weighted by Gasteiger charge is 2.47. The summed E-state index contributed by atoms with van der Waals surface area (Å²) in [5.41, 5.74) is -0.445. The van der Waals surface area contributed by atoms with Crippen molar-refractivity contribution in [1.82, 2.24) is 5.32 Å². The normalized spacial score (nSPS) is 34.2. The summed E-state index contributed by atoms with van der Waals surface area (Å²) in [7, 11) is 1.51. The minimum Gasteiger partial charge on any atom is -0.468 e. The monoisotopic (exact) mass is 271 g/mol. The number of ether oxygens (including phenoxy) is 1. The van der Waals surface area contributed by atoms with Gasteiger partial charge in [-0.05, 0) is 31.4 Å². The molecule has 0 aromatic rings. The molecule has 2 fully saturated rings. The Morgan fingerprint density at radius 1 is 1.28 bits per heavy atom. The highest BCUT2D eigenvalue weighted by molar-refractivity contribution is 8.00. The lowest BCUT2D eigenvalue weighted by molar-refractivity contribution is -0.149. The van der Waals surface area contributed by atoms with Gasteiger partial charge in [-0.3, -0.25) is 10.1 Å². The van der Waals surface area contributed by atoms with E-state index in [1.54, 1.807) is 0 Å². The van der Waals surface area contributed by atoms with Crippen molar-refractivity contribution in [3.8, 4) is 0 Å². The average molecular weight is 271 g/mol. The van der Waals surface area contributed by atoms with Crippen molar-refractivity contribution in [3.05, 3.63) is 0 Å². The van der Waals surface area contributed by atoms with Crippen LogP contribution in [0.3, 0.4) is 0 Å².